The molecule has 1 aliphatic heterocycles. The van der Waals surface area contributed by atoms with Crippen molar-refractivity contribution in [3.63, 3.8) is 0 Å². The number of carbonyl (C=O) groups is 1. The Kier molecular flexibility index (Phi) is 6.08. The molecule has 6 nitrogen and oxygen atoms in total. The quantitative estimate of drug-likeness (QED) is 0.541. The fourth-order valence-corrected chi connectivity index (χ4v) is 3.24. The molecule has 0 aliphatic carbocycles. The average Bonchev–Trinajstić information content (AvgIpc) is 3.13. The van der Waals surface area contributed by atoms with E-state index in [1.807, 2.05) is 11.0 Å². The van der Waals surface area contributed by atoms with E-state index in [1.165, 1.54) is 12.1 Å². The number of nitrogens with zero attached hydrogens (tertiary/aromatic N) is 2. The molecule has 0 spiro atoms. The summed E-state index contributed by atoms with van der Waals surface area (Å²) in [4.78, 5) is 17.4. The molecular weight excluding hydrogens is 364 g/mol. The second kappa shape index (κ2) is 8.69. The summed E-state index contributed by atoms with van der Waals surface area (Å²) in [5, 5.41) is 6.51. The van der Waals surface area contributed by atoms with Gasteiger partial charge in [0.15, 0.2) is 5.96 Å². The molecule has 0 bridgehead atoms. The van der Waals surface area contributed by atoms with Gasteiger partial charge >= 0.3 is 0 Å². The molecular formula is C20H23F2N5O. The molecule has 2 aromatic carbocycles. The number of hydrogen-bond donors (Lipinski definition) is 3. The number of amides is 1. The Morgan fingerprint density at radius 3 is 2.82 bits per heavy atom. The number of aliphatic imine (C=N–C) groups is 1. The summed E-state index contributed by atoms with van der Waals surface area (Å²) >= 11 is 0. The molecule has 1 aliphatic rings. The highest BCUT2D eigenvalue weighted by Gasteiger charge is 2.25. The van der Waals surface area contributed by atoms with Crippen LogP contribution in [0.3, 0.4) is 0 Å². The highest BCUT2D eigenvalue weighted by Crippen LogP contribution is 2.24. The number of benzene rings is 2. The van der Waals surface area contributed by atoms with Crippen LogP contribution in [-0.2, 0) is 6.54 Å². The molecule has 1 amide bonds. The minimum atomic E-state index is -0.583. The largest absolute Gasteiger partial charge is 0.367 e. The predicted octanol–water partition coefficient (Wildman–Crippen LogP) is 2.01. The molecule has 0 aromatic heterocycles. The number of guanidine groups is 1. The summed E-state index contributed by atoms with van der Waals surface area (Å²) in [6.45, 7) is 1.72. The third-order valence-electron chi connectivity index (χ3n) is 4.67. The summed E-state index contributed by atoms with van der Waals surface area (Å²) in [7, 11) is 1.67. The molecule has 148 valence electrons. The Morgan fingerprint density at radius 2 is 2.11 bits per heavy atom. The predicted molar refractivity (Wildman–Crippen MR) is 105 cm³/mol. The van der Waals surface area contributed by atoms with Gasteiger partial charge in [0.25, 0.3) is 0 Å². The lowest BCUT2D eigenvalue weighted by molar-refractivity contribution is 0.1000. The first kappa shape index (κ1) is 19.6. The van der Waals surface area contributed by atoms with Gasteiger partial charge in [0.2, 0.25) is 5.91 Å². The number of hydrogen-bond acceptors (Lipinski definition) is 3. The maximum absolute atomic E-state index is 14.0. The van der Waals surface area contributed by atoms with Crippen molar-refractivity contribution < 1.29 is 13.6 Å². The van der Waals surface area contributed by atoms with Crippen molar-refractivity contribution in [1.29, 1.82) is 0 Å². The Bertz CT molecular complexity index is 887. The van der Waals surface area contributed by atoms with Gasteiger partial charge in [-0.25, -0.2) is 8.78 Å². The zero-order valence-electron chi connectivity index (χ0n) is 15.6. The average molecular weight is 387 g/mol. The van der Waals surface area contributed by atoms with Crippen LogP contribution < -0.4 is 21.3 Å². The fourth-order valence-electron chi connectivity index (χ4n) is 3.24. The van der Waals surface area contributed by atoms with Crippen molar-refractivity contribution in [1.82, 2.24) is 10.6 Å². The van der Waals surface area contributed by atoms with E-state index in [4.69, 9.17) is 5.73 Å². The molecule has 1 saturated heterocycles. The van der Waals surface area contributed by atoms with Crippen LogP contribution in [0.25, 0.3) is 0 Å². The molecule has 1 unspecified atom stereocenters. The number of carbonyl (C=O) groups excluding carboxylic acids is 1. The van der Waals surface area contributed by atoms with Gasteiger partial charge in [0.05, 0.1) is 5.69 Å². The Balaban J connectivity index is 1.55. The molecule has 1 heterocycles. The SMILES string of the molecule is CN=C(NCc1cccc(C(N)=O)c1)NC1CCN(c2ccc(F)cc2F)C1. The fraction of sp³-hybridized carbons (Fsp3) is 0.300. The van der Waals surface area contributed by atoms with E-state index >= 15 is 0 Å². The van der Waals surface area contributed by atoms with Gasteiger partial charge in [-0.2, -0.15) is 0 Å². The van der Waals surface area contributed by atoms with Crippen LogP contribution in [0.5, 0.6) is 0 Å². The minimum Gasteiger partial charge on any atom is -0.367 e. The highest BCUT2D eigenvalue weighted by atomic mass is 19.1. The number of nitrogens with one attached hydrogen (secondary N) is 2. The lowest BCUT2D eigenvalue weighted by Crippen LogP contribution is -2.44. The Morgan fingerprint density at radius 1 is 1.29 bits per heavy atom. The first-order valence-electron chi connectivity index (χ1n) is 9.02. The van der Waals surface area contributed by atoms with Crippen LogP contribution in [0.4, 0.5) is 14.5 Å². The zero-order valence-corrected chi connectivity index (χ0v) is 15.6. The normalized spacial score (nSPS) is 16.9. The van der Waals surface area contributed by atoms with E-state index in [-0.39, 0.29) is 6.04 Å². The summed E-state index contributed by atoms with van der Waals surface area (Å²) < 4.78 is 27.1. The first-order chi connectivity index (χ1) is 13.5. The molecule has 8 heteroatoms. The molecule has 3 rings (SSSR count). The summed E-state index contributed by atoms with van der Waals surface area (Å²) in [5.74, 6) is -1.00. The number of anilines is 1. The van der Waals surface area contributed by atoms with Crippen molar-refractivity contribution in [3.8, 4) is 0 Å². The molecule has 0 saturated carbocycles. The van der Waals surface area contributed by atoms with E-state index in [0.717, 1.165) is 18.1 Å². The van der Waals surface area contributed by atoms with Gasteiger partial charge in [-0.1, -0.05) is 12.1 Å². The third-order valence-corrected chi connectivity index (χ3v) is 4.67. The molecule has 1 fully saturated rings. The van der Waals surface area contributed by atoms with Crippen LogP contribution in [0.15, 0.2) is 47.5 Å². The molecule has 2 aromatic rings. The maximum Gasteiger partial charge on any atom is 0.248 e. The van der Waals surface area contributed by atoms with Crippen LogP contribution in [0.1, 0.15) is 22.3 Å². The van der Waals surface area contributed by atoms with Crippen molar-refractivity contribution >= 4 is 17.6 Å². The number of rotatable bonds is 5. The molecule has 28 heavy (non-hydrogen) atoms. The maximum atomic E-state index is 14.0. The van der Waals surface area contributed by atoms with Crippen LogP contribution in [0.2, 0.25) is 0 Å². The van der Waals surface area contributed by atoms with Gasteiger partial charge < -0.3 is 21.3 Å². The minimum absolute atomic E-state index is 0.0765. The van der Waals surface area contributed by atoms with Crippen molar-refractivity contribution in [3.05, 3.63) is 65.2 Å². The molecule has 1 atom stereocenters. The van der Waals surface area contributed by atoms with E-state index < -0.39 is 17.5 Å². The van der Waals surface area contributed by atoms with Gasteiger partial charge in [-0.3, -0.25) is 9.79 Å². The smallest absolute Gasteiger partial charge is 0.248 e. The van der Waals surface area contributed by atoms with Gasteiger partial charge in [-0.05, 0) is 36.2 Å². The number of halogens is 2. The summed E-state index contributed by atoms with van der Waals surface area (Å²) in [5.41, 5.74) is 7.06. The van der Waals surface area contributed by atoms with Crippen LogP contribution >= 0.6 is 0 Å². The lowest BCUT2D eigenvalue weighted by atomic mass is 10.1. The van der Waals surface area contributed by atoms with Gasteiger partial charge in [0, 0.05) is 44.4 Å². The lowest BCUT2D eigenvalue weighted by Gasteiger charge is -2.21. The first-order valence-corrected chi connectivity index (χ1v) is 9.02. The van der Waals surface area contributed by atoms with E-state index in [0.29, 0.717) is 36.8 Å². The highest BCUT2D eigenvalue weighted by molar-refractivity contribution is 5.92. The second-order valence-corrected chi connectivity index (χ2v) is 6.66. The monoisotopic (exact) mass is 387 g/mol. The zero-order chi connectivity index (χ0) is 20.1. The van der Waals surface area contributed by atoms with E-state index in [1.54, 1.807) is 25.2 Å². The van der Waals surface area contributed by atoms with Crippen molar-refractivity contribution in [2.45, 2.75) is 19.0 Å². The standard InChI is InChI=1S/C20H23F2N5O/c1-24-20(25-11-13-3-2-4-14(9-13)19(23)28)26-16-7-8-27(12-16)18-6-5-15(21)10-17(18)22/h2-6,9-10,16H,7-8,11-12H2,1H3,(H2,23,28)(H2,24,25,26). The topological polar surface area (TPSA) is 82.7 Å². The van der Waals surface area contributed by atoms with E-state index in [2.05, 4.69) is 15.6 Å². The van der Waals surface area contributed by atoms with Crippen molar-refractivity contribution in [2.24, 2.45) is 10.7 Å². The van der Waals surface area contributed by atoms with Crippen LogP contribution in [0, 0.1) is 11.6 Å². The molecule has 0 radical (unpaired) electrons. The summed E-state index contributed by atoms with van der Waals surface area (Å²) in [6.07, 6.45) is 0.800. The van der Waals surface area contributed by atoms with Crippen LogP contribution in [-0.4, -0.2) is 38.0 Å². The number of primary amides is 1. The third kappa shape index (κ3) is 4.76. The van der Waals surface area contributed by atoms with E-state index in [9.17, 15) is 13.6 Å². The Labute approximate surface area is 162 Å². The van der Waals surface area contributed by atoms with Gasteiger partial charge in [0.1, 0.15) is 11.6 Å². The summed E-state index contributed by atoms with van der Waals surface area (Å²) in [6, 6.07) is 10.8. The molecule has 4 N–H and O–H groups in total. The van der Waals surface area contributed by atoms with Crippen molar-refractivity contribution in [2.75, 3.05) is 25.0 Å². The second-order valence-electron chi connectivity index (χ2n) is 6.66. The number of nitrogens with two attached hydrogens (primary N) is 1. The van der Waals surface area contributed by atoms with Gasteiger partial charge in [-0.15, -0.1) is 0 Å². The Hall–Kier alpha value is -3.16.